The molecular weight excluding hydrogens is 310 g/mol. The standard InChI is InChI=1S/C7H12N2.4ClH.Fe/c1-2-3-5-9-6-4-8-7-9;;;;;/h4,6-7H,2-3,5H2,1H3;4*1H;/q;;;;;+4/p-3. The van der Waals surface area contributed by atoms with E-state index in [0.717, 1.165) is 6.54 Å². The number of H-pyrrole nitrogens is 1. The molecule has 1 aromatic heterocycles. The molecule has 2 nitrogen and oxygen atoms in total. The summed E-state index contributed by atoms with van der Waals surface area (Å²) in [6, 6.07) is 0. The summed E-state index contributed by atoms with van der Waals surface area (Å²) in [4.78, 5) is 3.00. The molecule has 1 rings (SSSR count). The van der Waals surface area contributed by atoms with Crippen LogP contribution in [0.15, 0.2) is 18.7 Å². The topological polar surface area (TPSA) is 19.7 Å². The van der Waals surface area contributed by atoms with Crippen LogP contribution < -0.4 is 4.57 Å². The van der Waals surface area contributed by atoms with E-state index in [2.05, 4.69) is 22.7 Å². The molecule has 0 aliphatic rings. The van der Waals surface area contributed by atoms with Crippen molar-refractivity contribution in [3.05, 3.63) is 18.7 Å². The number of nitrogens with one attached hydrogen (secondary N) is 1. The SMILES string of the molecule is CCCC[n+]1cc[nH]c1.[Cl][Fe]([Cl])([Cl])[Cl]. The fraction of sp³-hybridized carbons (Fsp3) is 0.571. The van der Waals surface area contributed by atoms with Crippen LogP contribution in [0.25, 0.3) is 0 Å². The van der Waals surface area contributed by atoms with E-state index in [9.17, 15) is 0 Å². The van der Waals surface area contributed by atoms with E-state index >= 15 is 0 Å². The van der Waals surface area contributed by atoms with Gasteiger partial charge in [-0.05, 0) is 6.42 Å². The summed E-state index contributed by atoms with van der Waals surface area (Å²) in [5, 5.41) is 0. The van der Waals surface area contributed by atoms with Gasteiger partial charge in [-0.1, -0.05) is 13.3 Å². The Hall–Kier alpha value is 0.889. The molecular formula is C7H13Cl4FeN2+. The Bertz CT molecular complexity index is 216. The second-order valence-corrected chi connectivity index (χ2v) is 13.4. The van der Waals surface area contributed by atoms with Crippen molar-refractivity contribution in [2.24, 2.45) is 0 Å². The first-order valence-corrected chi connectivity index (χ1v) is 10.1. The van der Waals surface area contributed by atoms with Crippen LogP contribution in [0.4, 0.5) is 0 Å². The summed E-state index contributed by atoms with van der Waals surface area (Å²) in [5.41, 5.74) is 0. The van der Waals surface area contributed by atoms with E-state index in [1.807, 2.05) is 12.5 Å². The monoisotopic (exact) mass is 321 g/mol. The molecule has 0 saturated carbocycles. The van der Waals surface area contributed by atoms with E-state index in [0.29, 0.717) is 0 Å². The molecule has 0 bridgehead atoms. The van der Waals surface area contributed by atoms with Gasteiger partial charge in [0.1, 0.15) is 12.4 Å². The molecule has 0 fully saturated rings. The van der Waals surface area contributed by atoms with Gasteiger partial charge in [0.15, 0.2) is 0 Å². The first-order chi connectivity index (χ1) is 6.43. The molecule has 0 radical (unpaired) electrons. The third kappa shape index (κ3) is 12.9. The quantitative estimate of drug-likeness (QED) is 0.644. The van der Waals surface area contributed by atoms with Crippen LogP contribution in [-0.4, -0.2) is 4.98 Å². The zero-order valence-electron chi connectivity index (χ0n) is 7.67. The fourth-order valence-corrected chi connectivity index (χ4v) is 0.800. The molecule has 0 aliphatic heterocycles. The Morgan fingerprint density at radius 2 is 1.86 bits per heavy atom. The number of nitrogens with zero attached hydrogens (tertiary/aromatic N) is 1. The third-order valence-corrected chi connectivity index (χ3v) is 1.37. The Balaban J connectivity index is 0.000000292. The number of rotatable bonds is 3. The number of hydrogen-bond donors (Lipinski definition) is 1. The number of hydrogen-bond acceptors (Lipinski definition) is 0. The predicted molar refractivity (Wildman–Crippen MR) is 59.3 cm³/mol. The molecule has 0 unspecified atom stereocenters. The maximum atomic E-state index is 4.95. The van der Waals surface area contributed by atoms with Gasteiger partial charge in [0.05, 0.1) is 6.54 Å². The van der Waals surface area contributed by atoms with Gasteiger partial charge in [-0.25, -0.2) is 4.57 Å². The van der Waals surface area contributed by atoms with Crippen molar-refractivity contribution in [1.82, 2.24) is 4.98 Å². The van der Waals surface area contributed by atoms with Crippen LogP contribution in [0.3, 0.4) is 0 Å². The molecule has 14 heavy (non-hydrogen) atoms. The summed E-state index contributed by atoms with van der Waals surface area (Å²) in [6.07, 6.45) is 8.50. The molecule has 0 amide bonds. The summed E-state index contributed by atoms with van der Waals surface area (Å²) < 4.78 is 2.16. The van der Waals surface area contributed by atoms with Gasteiger partial charge in [0.25, 0.3) is 0 Å². The van der Waals surface area contributed by atoms with Gasteiger partial charge in [-0.2, -0.15) is 0 Å². The van der Waals surface area contributed by atoms with Gasteiger partial charge in [0.2, 0.25) is 6.33 Å². The zero-order valence-corrected chi connectivity index (χ0v) is 11.8. The van der Waals surface area contributed by atoms with Gasteiger partial charge in [0, 0.05) is 0 Å². The van der Waals surface area contributed by atoms with Crippen LogP contribution in [-0.2, 0) is 15.7 Å². The number of imidazole rings is 1. The van der Waals surface area contributed by atoms with Gasteiger partial charge < -0.3 is 0 Å². The molecule has 0 spiro atoms. The summed E-state index contributed by atoms with van der Waals surface area (Å²) in [6.45, 7) is 3.34. The number of aromatic amines is 1. The van der Waals surface area contributed by atoms with Crippen molar-refractivity contribution in [3.8, 4) is 0 Å². The van der Waals surface area contributed by atoms with Gasteiger partial charge in [-0.15, -0.1) is 0 Å². The zero-order chi connectivity index (χ0) is 11.0. The molecule has 86 valence electrons. The molecule has 1 N–H and O–H groups in total. The van der Waals surface area contributed by atoms with Crippen LogP contribution in [0.1, 0.15) is 19.8 Å². The first-order valence-electron chi connectivity index (χ1n) is 3.98. The second-order valence-electron chi connectivity index (χ2n) is 2.51. The average Bonchev–Trinajstić information content (AvgIpc) is 2.49. The number of unbranched alkanes of at least 4 members (excludes halogenated alkanes) is 1. The second kappa shape index (κ2) is 8.09. The predicted octanol–water partition coefficient (Wildman–Crippen LogP) is 3.86. The van der Waals surface area contributed by atoms with E-state index < -0.39 is 9.20 Å². The van der Waals surface area contributed by atoms with Crippen molar-refractivity contribution in [3.63, 3.8) is 0 Å². The van der Waals surface area contributed by atoms with Crippen molar-refractivity contribution < 1.29 is 13.8 Å². The molecule has 1 aromatic rings. The van der Waals surface area contributed by atoms with E-state index in [1.165, 1.54) is 12.8 Å². The maximum absolute atomic E-state index is 4.95. The van der Waals surface area contributed by atoms with Crippen molar-refractivity contribution >= 4 is 40.4 Å². The van der Waals surface area contributed by atoms with Gasteiger partial charge >= 0.3 is 49.6 Å². The molecule has 0 saturated heterocycles. The van der Waals surface area contributed by atoms with E-state index in [-0.39, 0.29) is 0 Å². The molecule has 7 heteroatoms. The van der Waals surface area contributed by atoms with Crippen LogP contribution >= 0.6 is 40.4 Å². The minimum atomic E-state index is -2.61. The Morgan fingerprint density at radius 1 is 1.29 bits per heavy atom. The summed E-state index contributed by atoms with van der Waals surface area (Å²) >= 11 is 0. The van der Waals surface area contributed by atoms with Gasteiger partial charge in [-0.3, -0.25) is 4.98 Å². The Labute approximate surface area is 104 Å². The van der Waals surface area contributed by atoms with Crippen molar-refractivity contribution in [2.45, 2.75) is 26.3 Å². The number of aryl methyl sites for hydroxylation is 1. The Morgan fingerprint density at radius 3 is 2.21 bits per heavy atom. The molecule has 0 aromatic carbocycles. The third-order valence-electron chi connectivity index (χ3n) is 1.37. The molecule has 1 heterocycles. The number of halogens is 4. The number of aromatic nitrogens is 2. The van der Waals surface area contributed by atoms with E-state index in [4.69, 9.17) is 40.4 Å². The minimum absolute atomic E-state index is 1.14. The van der Waals surface area contributed by atoms with Crippen LogP contribution in [0.5, 0.6) is 0 Å². The van der Waals surface area contributed by atoms with Crippen LogP contribution in [0.2, 0.25) is 0 Å². The van der Waals surface area contributed by atoms with Crippen molar-refractivity contribution in [1.29, 1.82) is 0 Å². The van der Waals surface area contributed by atoms with Crippen molar-refractivity contribution in [2.75, 3.05) is 0 Å². The van der Waals surface area contributed by atoms with Crippen LogP contribution in [0, 0.1) is 0 Å². The summed E-state index contributed by atoms with van der Waals surface area (Å²) in [5.74, 6) is 0. The van der Waals surface area contributed by atoms with E-state index in [1.54, 1.807) is 0 Å². The fourth-order valence-electron chi connectivity index (χ4n) is 0.800. The average molecular weight is 323 g/mol. The molecule has 0 aliphatic carbocycles. The normalized spacial score (nSPS) is 11.8. The first kappa shape index (κ1) is 14.9. The molecule has 0 atom stereocenters. The Kier molecular flexibility index (Phi) is 8.60. The summed E-state index contributed by atoms with van der Waals surface area (Å²) in [7, 11) is 17.2.